The summed E-state index contributed by atoms with van der Waals surface area (Å²) in [6.45, 7) is 7.20. The molecule has 0 bridgehead atoms. The van der Waals surface area contributed by atoms with Crippen LogP contribution in [0.4, 0.5) is 0 Å². The van der Waals surface area contributed by atoms with E-state index in [2.05, 4.69) is 12.0 Å². The van der Waals surface area contributed by atoms with Crippen molar-refractivity contribution < 1.29 is 9.53 Å². The molecular formula is C13H21N3O2. The van der Waals surface area contributed by atoms with E-state index in [1.807, 2.05) is 11.8 Å². The van der Waals surface area contributed by atoms with E-state index < -0.39 is 0 Å². The van der Waals surface area contributed by atoms with Crippen LogP contribution >= 0.6 is 0 Å². The van der Waals surface area contributed by atoms with E-state index >= 15 is 0 Å². The molecule has 2 heterocycles. The standard InChI is InChI=1S/C13H21N3O2/c1-3-5-7-15(4-2)13(17)11-10-12-16(14-11)8-6-9-18-12/h10H,3-9H2,1-2H3. The van der Waals surface area contributed by atoms with Gasteiger partial charge in [0.15, 0.2) is 5.69 Å². The van der Waals surface area contributed by atoms with Gasteiger partial charge in [-0.25, -0.2) is 4.68 Å². The van der Waals surface area contributed by atoms with Crippen molar-refractivity contribution in [2.75, 3.05) is 19.7 Å². The van der Waals surface area contributed by atoms with Gasteiger partial charge in [0.2, 0.25) is 5.88 Å². The van der Waals surface area contributed by atoms with E-state index in [1.54, 1.807) is 10.7 Å². The van der Waals surface area contributed by atoms with Crippen molar-refractivity contribution >= 4 is 5.91 Å². The number of fused-ring (bicyclic) bond motifs is 1. The van der Waals surface area contributed by atoms with Crippen molar-refractivity contribution in [3.8, 4) is 5.88 Å². The number of hydrogen-bond donors (Lipinski definition) is 0. The highest BCUT2D eigenvalue weighted by Crippen LogP contribution is 2.19. The van der Waals surface area contributed by atoms with Gasteiger partial charge in [-0.1, -0.05) is 13.3 Å². The van der Waals surface area contributed by atoms with Crippen LogP contribution in [0.15, 0.2) is 6.07 Å². The number of aryl methyl sites for hydroxylation is 1. The fraction of sp³-hybridized carbons (Fsp3) is 0.692. The maximum atomic E-state index is 12.3. The first-order valence-electron chi connectivity index (χ1n) is 6.76. The highest BCUT2D eigenvalue weighted by molar-refractivity contribution is 5.92. The van der Waals surface area contributed by atoms with Crippen LogP contribution in [0.5, 0.6) is 5.88 Å². The van der Waals surface area contributed by atoms with Crippen molar-refractivity contribution in [3.05, 3.63) is 11.8 Å². The maximum Gasteiger partial charge on any atom is 0.274 e. The summed E-state index contributed by atoms with van der Waals surface area (Å²) >= 11 is 0. The maximum absolute atomic E-state index is 12.3. The highest BCUT2D eigenvalue weighted by Gasteiger charge is 2.21. The minimum absolute atomic E-state index is 0.0106. The van der Waals surface area contributed by atoms with Gasteiger partial charge in [0, 0.05) is 32.1 Å². The molecular weight excluding hydrogens is 230 g/mol. The van der Waals surface area contributed by atoms with E-state index in [0.717, 1.165) is 44.8 Å². The lowest BCUT2D eigenvalue weighted by molar-refractivity contribution is 0.0755. The van der Waals surface area contributed by atoms with Gasteiger partial charge in [-0.15, -0.1) is 0 Å². The number of hydrogen-bond acceptors (Lipinski definition) is 3. The molecule has 1 amide bonds. The molecule has 100 valence electrons. The predicted octanol–water partition coefficient (Wildman–Crippen LogP) is 1.93. The quantitative estimate of drug-likeness (QED) is 0.803. The lowest BCUT2D eigenvalue weighted by Gasteiger charge is -2.19. The number of carbonyl (C=O) groups is 1. The molecule has 0 saturated heterocycles. The Morgan fingerprint density at radius 2 is 2.39 bits per heavy atom. The first kappa shape index (κ1) is 12.9. The summed E-state index contributed by atoms with van der Waals surface area (Å²) in [7, 11) is 0. The molecule has 1 aliphatic heterocycles. The van der Waals surface area contributed by atoms with Crippen molar-refractivity contribution in [3.63, 3.8) is 0 Å². The Hall–Kier alpha value is -1.52. The van der Waals surface area contributed by atoms with Gasteiger partial charge in [-0.05, 0) is 13.3 Å². The number of rotatable bonds is 5. The monoisotopic (exact) mass is 251 g/mol. The van der Waals surface area contributed by atoms with E-state index in [-0.39, 0.29) is 5.91 Å². The third kappa shape index (κ3) is 2.66. The average molecular weight is 251 g/mol. The lowest BCUT2D eigenvalue weighted by Crippen LogP contribution is -2.32. The zero-order valence-electron chi connectivity index (χ0n) is 11.2. The van der Waals surface area contributed by atoms with Crippen LogP contribution in [0.2, 0.25) is 0 Å². The Bertz CT molecular complexity index is 391. The minimum Gasteiger partial charge on any atom is -0.478 e. The summed E-state index contributed by atoms with van der Waals surface area (Å²) in [5.41, 5.74) is 0.504. The molecule has 0 aliphatic carbocycles. The van der Waals surface area contributed by atoms with Gasteiger partial charge in [0.1, 0.15) is 0 Å². The van der Waals surface area contributed by atoms with E-state index in [0.29, 0.717) is 12.3 Å². The predicted molar refractivity (Wildman–Crippen MR) is 68.8 cm³/mol. The smallest absolute Gasteiger partial charge is 0.274 e. The molecule has 0 N–H and O–H groups in total. The Labute approximate surface area is 108 Å². The van der Waals surface area contributed by atoms with Crippen LogP contribution in [0.25, 0.3) is 0 Å². The van der Waals surface area contributed by atoms with Crippen LogP contribution in [-0.2, 0) is 6.54 Å². The molecule has 1 aromatic rings. The Balaban J connectivity index is 2.09. The third-order valence-electron chi connectivity index (χ3n) is 3.18. The largest absolute Gasteiger partial charge is 0.478 e. The highest BCUT2D eigenvalue weighted by atomic mass is 16.5. The molecule has 0 radical (unpaired) electrons. The molecule has 0 aromatic carbocycles. The van der Waals surface area contributed by atoms with Crippen molar-refractivity contribution in [1.29, 1.82) is 0 Å². The fourth-order valence-corrected chi connectivity index (χ4v) is 2.09. The molecule has 0 unspecified atom stereocenters. The third-order valence-corrected chi connectivity index (χ3v) is 3.18. The summed E-state index contributed by atoms with van der Waals surface area (Å²) < 4.78 is 7.26. The van der Waals surface area contributed by atoms with Crippen molar-refractivity contribution in [1.82, 2.24) is 14.7 Å². The number of carbonyl (C=O) groups excluding carboxylic acids is 1. The van der Waals surface area contributed by atoms with Crippen LogP contribution < -0.4 is 4.74 Å². The van der Waals surface area contributed by atoms with Gasteiger partial charge in [0.05, 0.1) is 6.61 Å². The number of amides is 1. The molecule has 1 aliphatic rings. The molecule has 1 aromatic heterocycles. The van der Waals surface area contributed by atoms with E-state index in [4.69, 9.17) is 4.74 Å². The summed E-state index contributed by atoms with van der Waals surface area (Å²) in [6.07, 6.45) is 3.08. The zero-order valence-corrected chi connectivity index (χ0v) is 11.2. The number of unbranched alkanes of at least 4 members (excludes halogenated alkanes) is 1. The summed E-state index contributed by atoms with van der Waals surface area (Å²) in [6, 6.07) is 1.76. The molecule has 2 rings (SSSR count). The number of ether oxygens (including phenoxy) is 1. The molecule has 5 heteroatoms. The van der Waals surface area contributed by atoms with Gasteiger partial charge in [-0.2, -0.15) is 5.10 Å². The van der Waals surface area contributed by atoms with Crippen molar-refractivity contribution in [2.45, 2.75) is 39.7 Å². The number of nitrogens with zero attached hydrogens (tertiary/aromatic N) is 3. The first-order chi connectivity index (χ1) is 8.76. The van der Waals surface area contributed by atoms with Crippen LogP contribution in [0.1, 0.15) is 43.6 Å². The fourth-order valence-electron chi connectivity index (χ4n) is 2.09. The van der Waals surface area contributed by atoms with E-state index in [9.17, 15) is 4.79 Å². The van der Waals surface area contributed by atoms with Crippen LogP contribution in [0.3, 0.4) is 0 Å². The molecule has 0 saturated carbocycles. The zero-order chi connectivity index (χ0) is 13.0. The number of aromatic nitrogens is 2. The first-order valence-corrected chi connectivity index (χ1v) is 6.76. The van der Waals surface area contributed by atoms with Gasteiger partial charge >= 0.3 is 0 Å². The summed E-state index contributed by atoms with van der Waals surface area (Å²) in [5, 5.41) is 4.33. The normalized spacial score (nSPS) is 13.9. The van der Waals surface area contributed by atoms with Gasteiger partial charge < -0.3 is 9.64 Å². The Kier molecular flexibility index (Phi) is 4.23. The molecule has 0 spiro atoms. The molecule has 18 heavy (non-hydrogen) atoms. The SMILES string of the molecule is CCCCN(CC)C(=O)c1cc2n(n1)CCCO2. The summed E-state index contributed by atoms with van der Waals surface area (Å²) in [5.74, 6) is 0.729. The van der Waals surface area contributed by atoms with Crippen LogP contribution in [-0.4, -0.2) is 40.3 Å². The average Bonchev–Trinajstić information content (AvgIpc) is 2.83. The molecule has 0 fully saturated rings. The second kappa shape index (κ2) is 5.89. The second-order valence-corrected chi connectivity index (χ2v) is 4.53. The van der Waals surface area contributed by atoms with Crippen molar-refractivity contribution in [2.24, 2.45) is 0 Å². The van der Waals surface area contributed by atoms with Gasteiger partial charge in [-0.3, -0.25) is 4.79 Å². The lowest BCUT2D eigenvalue weighted by atomic mass is 10.3. The van der Waals surface area contributed by atoms with Crippen LogP contribution in [0, 0.1) is 0 Å². The Morgan fingerprint density at radius 3 is 3.06 bits per heavy atom. The van der Waals surface area contributed by atoms with E-state index in [1.165, 1.54) is 0 Å². The Morgan fingerprint density at radius 1 is 1.56 bits per heavy atom. The van der Waals surface area contributed by atoms with Gasteiger partial charge in [0.25, 0.3) is 5.91 Å². The topological polar surface area (TPSA) is 47.4 Å². The second-order valence-electron chi connectivity index (χ2n) is 4.53. The molecule has 5 nitrogen and oxygen atoms in total. The summed E-state index contributed by atoms with van der Waals surface area (Å²) in [4.78, 5) is 14.1. The minimum atomic E-state index is 0.0106. The molecule has 0 atom stereocenters.